The molecule has 2 nitrogen and oxygen atoms in total. The molecule has 0 heterocycles. The zero-order valence-corrected chi connectivity index (χ0v) is 21.5. The quantitative estimate of drug-likeness (QED) is 0.183. The maximum atomic E-state index is 10.3. The molecule has 0 fully saturated rings. The highest BCUT2D eigenvalue weighted by Crippen LogP contribution is 2.03. The molecule has 0 spiro atoms. The van der Waals surface area contributed by atoms with E-state index in [1.54, 1.807) is 0 Å². The van der Waals surface area contributed by atoms with Crippen LogP contribution in [0.5, 0.6) is 0 Å². The van der Waals surface area contributed by atoms with Crippen LogP contribution < -0.4 is 0 Å². The Labute approximate surface area is 171 Å². The van der Waals surface area contributed by atoms with Gasteiger partial charge in [0.05, 0.1) is 5.75 Å². The maximum Gasteiger partial charge on any atom is 0.208 e. The van der Waals surface area contributed by atoms with Crippen LogP contribution in [0.4, 0.5) is 0 Å². The predicted molar refractivity (Wildman–Crippen MR) is 130 cm³/mol. The lowest BCUT2D eigenvalue weighted by Gasteiger charge is -1.86. The number of carbonyl (C=O) groups is 2. The van der Waals surface area contributed by atoms with Gasteiger partial charge in [-0.05, 0) is 0 Å². The molecule has 0 aliphatic carbocycles. The average molecular weight is 433 g/mol. The van der Waals surface area contributed by atoms with Crippen molar-refractivity contribution in [3.8, 4) is 0 Å². The van der Waals surface area contributed by atoms with Crippen LogP contribution in [0.2, 0.25) is 0 Å². The van der Waals surface area contributed by atoms with Crippen LogP contribution in [0.15, 0.2) is 0 Å². The Bertz CT molecular complexity index is 126. The van der Waals surface area contributed by atoms with Gasteiger partial charge < -0.3 is 0 Å². The molecule has 0 aliphatic heterocycles. The molecule has 0 aliphatic rings. The topological polar surface area (TPSA) is 34.1 Å². The van der Waals surface area contributed by atoms with E-state index in [-0.39, 0.29) is 11.5 Å². The molecule has 0 aromatic carbocycles. The largest absolute Gasteiger partial charge is 0.291 e. The lowest BCUT2D eigenvalue weighted by atomic mass is 10.3. The fourth-order valence-corrected chi connectivity index (χ4v) is 0.833. The first-order chi connectivity index (χ1) is 10.7. The number of carbonyl (C=O) groups excluding carboxylic acids is 2. The van der Waals surface area contributed by atoms with Crippen LogP contribution in [0.3, 0.4) is 0 Å². The van der Waals surface area contributed by atoms with Crippen LogP contribution in [0.25, 0.3) is 0 Å². The number of hydrogen-bond donors (Lipinski definition) is 5. The minimum atomic E-state index is -0.397. The summed E-state index contributed by atoms with van der Waals surface area (Å²) in [5, 5.41) is 0. The average Bonchev–Trinajstić information content (AvgIpc) is 2.67. The van der Waals surface area contributed by atoms with Gasteiger partial charge in [-0.15, -0.1) is 58.3 Å². The van der Waals surface area contributed by atoms with Gasteiger partial charge in [-0.25, -0.2) is 0 Å². The van der Waals surface area contributed by atoms with Crippen molar-refractivity contribution in [3.05, 3.63) is 0 Å². The van der Waals surface area contributed by atoms with E-state index in [0.29, 0.717) is 0 Å². The molecule has 0 bridgehead atoms. The van der Waals surface area contributed by atoms with Crippen molar-refractivity contribution < 1.29 is 9.59 Å². The lowest BCUT2D eigenvalue weighted by molar-refractivity contribution is -0.133. The summed E-state index contributed by atoms with van der Waals surface area (Å²) in [5.74, 6) is -0.588. The van der Waals surface area contributed by atoms with Crippen molar-refractivity contribution in [3.63, 3.8) is 0 Å². The monoisotopic (exact) mass is 432 g/mol. The molecule has 0 radical (unpaired) electrons. The third-order valence-corrected chi connectivity index (χ3v) is 1.37. The van der Waals surface area contributed by atoms with E-state index >= 15 is 0 Å². The van der Waals surface area contributed by atoms with Crippen LogP contribution in [0.1, 0.15) is 76.2 Å². The molecule has 22 heavy (non-hydrogen) atoms. The molecule has 0 aromatic rings. The molecule has 0 amide bonds. The first-order valence-electron chi connectivity index (χ1n) is 7.38. The molecular weight excluding hydrogens is 393 g/mol. The highest BCUT2D eigenvalue weighted by Gasteiger charge is 2.04. The Morgan fingerprint density at radius 1 is 0.682 bits per heavy atom. The third-order valence-electron chi connectivity index (χ3n) is 0.588. The zero-order chi connectivity index (χ0) is 20.6. The minimum absolute atomic E-state index is 0.179. The van der Waals surface area contributed by atoms with Crippen molar-refractivity contribution >= 4 is 80.7 Å². The van der Waals surface area contributed by atoms with Gasteiger partial charge in [0.1, 0.15) is 0 Å². The van der Waals surface area contributed by atoms with E-state index in [2.05, 4.69) is 58.3 Å². The van der Waals surface area contributed by atoms with Gasteiger partial charge in [0.15, 0.2) is 5.78 Å². The van der Waals surface area contributed by atoms with E-state index in [4.69, 9.17) is 0 Å². The standard InChI is InChI=1S/C4H6O2S2.5C2H6.2H2S2/c1-3(5)4(6)2-8-7;7*1-2/h7H,2H2,1H3;5*1-2H3;2*1-2H. The fourth-order valence-electron chi connectivity index (χ4n) is 0.160. The number of ketones is 2. The number of rotatable bonds is 3. The Balaban J connectivity index is -0.0000000198. The molecule has 0 aromatic heterocycles. The maximum absolute atomic E-state index is 10.3. The van der Waals surface area contributed by atoms with Crippen LogP contribution >= 0.6 is 69.1 Å². The van der Waals surface area contributed by atoms with E-state index in [1.807, 2.05) is 69.2 Å². The van der Waals surface area contributed by atoms with Crippen LogP contribution in [0, 0.1) is 0 Å². The van der Waals surface area contributed by atoms with Crippen molar-refractivity contribution in [2.24, 2.45) is 0 Å². The zero-order valence-electron chi connectivity index (χ0n) is 16.2. The Hall–Kier alpha value is 1.44. The van der Waals surface area contributed by atoms with Crippen molar-refractivity contribution in [1.82, 2.24) is 0 Å². The predicted octanol–water partition coefficient (Wildman–Crippen LogP) is 7.38. The van der Waals surface area contributed by atoms with E-state index in [0.717, 1.165) is 10.8 Å². The second kappa shape index (κ2) is 116. The number of Topliss-reactive ketones (excluding diaryl/α,β-unsaturated/α-hetero) is 2. The summed E-state index contributed by atoms with van der Waals surface area (Å²) in [6, 6.07) is 0. The van der Waals surface area contributed by atoms with Gasteiger partial charge in [0, 0.05) is 6.92 Å². The Morgan fingerprint density at radius 3 is 0.909 bits per heavy atom. The van der Waals surface area contributed by atoms with Crippen molar-refractivity contribution in [1.29, 1.82) is 0 Å². The molecular formula is C14H40O2S6. The van der Waals surface area contributed by atoms with Gasteiger partial charge >= 0.3 is 0 Å². The molecule has 144 valence electrons. The molecule has 0 saturated carbocycles. The smallest absolute Gasteiger partial charge is 0.208 e. The fraction of sp³-hybridized carbons (Fsp3) is 0.857. The van der Waals surface area contributed by atoms with Gasteiger partial charge in [-0.3, -0.25) is 9.59 Å². The minimum Gasteiger partial charge on any atom is -0.291 e. The van der Waals surface area contributed by atoms with Gasteiger partial charge in [-0.2, -0.15) is 0 Å². The van der Waals surface area contributed by atoms with E-state index in [1.165, 1.54) is 6.92 Å². The summed E-state index contributed by atoms with van der Waals surface area (Å²) < 4.78 is 0. The molecule has 0 saturated heterocycles. The Kier molecular flexibility index (Phi) is 261. The van der Waals surface area contributed by atoms with Crippen LogP contribution in [-0.2, 0) is 9.59 Å². The summed E-state index contributed by atoms with van der Waals surface area (Å²) >= 11 is 16.6. The van der Waals surface area contributed by atoms with Crippen molar-refractivity contribution in [2.75, 3.05) is 5.75 Å². The van der Waals surface area contributed by atoms with Crippen molar-refractivity contribution in [2.45, 2.75) is 76.2 Å². The summed E-state index contributed by atoms with van der Waals surface area (Å²) in [5.41, 5.74) is 0. The molecule has 0 N–H and O–H groups in total. The third kappa shape index (κ3) is 126. The molecule has 0 atom stereocenters. The summed E-state index contributed by atoms with van der Waals surface area (Å²) in [6.45, 7) is 21.3. The molecule has 0 unspecified atom stereocenters. The molecule has 8 heteroatoms. The molecule has 0 rings (SSSR count). The number of thiol groups is 5. The summed E-state index contributed by atoms with van der Waals surface area (Å²) in [7, 11) is 1.06. The SMILES string of the molecule is CC.CC.CC.CC.CC.CC(=O)C(=O)CSS.SS.SS. The normalized spacial score (nSPS) is 5.09. The first-order valence-corrected chi connectivity index (χ1v) is 12.6. The van der Waals surface area contributed by atoms with E-state index < -0.39 is 5.78 Å². The number of hydrogen-bond acceptors (Lipinski definition) is 8. The summed E-state index contributed by atoms with van der Waals surface area (Å²) in [6.07, 6.45) is 0. The summed E-state index contributed by atoms with van der Waals surface area (Å²) in [4.78, 5) is 20.5. The van der Waals surface area contributed by atoms with Gasteiger partial charge in [0.2, 0.25) is 5.78 Å². The second-order valence-electron chi connectivity index (χ2n) is 1.25. The van der Waals surface area contributed by atoms with Gasteiger partial charge in [0.25, 0.3) is 0 Å². The first kappa shape index (κ1) is 49.5. The highest BCUT2D eigenvalue weighted by atomic mass is 33.1. The van der Waals surface area contributed by atoms with Crippen LogP contribution in [-0.4, -0.2) is 17.3 Å². The second-order valence-corrected chi connectivity index (χ2v) is 2.57. The van der Waals surface area contributed by atoms with Gasteiger partial charge in [-0.1, -0.05) is 80.0 Å². The van der Waals surface area contributed by atoms with E-state index in [9.17, 15) is 9.59 Å². The Morgan fingerprint density at radius 2 is 0.864 bits per heavy atom. The lowest BCUT2D eigenvalue weighted by Crippen LogP contribution is -2.10. The highest BCUT2D eigenvalue weighted by molar-refractivity contribution is 8.68.